The molecule has 0 aromatic carbocycles. The van der Waals surface area contributed by atoms with E-state index in [0.717, 1.165) is 32.0 Å². The number of nitrogens with zero attached hydrogens (tertiary/aromatic N) is 3. The number of hydrogen-bond acceptors (Lipinski definition) is 3. The summed E-state index contributed by atoms with van der Waals surface area (Å²) in [7, 11) is 0. The van der Waals surface area contributed by atoms with Gasteiger partial charge < -0.3 is 0 Å². The van der Waals surface area contributed by atoms with E-state index in [1.165, 1.54) is 0 Å². The van der Waals surface area contributed by atoms with Crippen LogP contribution in [0.1, 0.15) is 19.0 Å². The molecule has 0 unspecified atom stereocenters. The van der Waals surface area contributed by atoms with Crippen LogP contribution >= 0.6 is 59.4 Å². The third-order valence-corrected chi connectivity index (χ3v) is 4.76. The lowest BCUT2D eigenvalue weighted by Gasteiger charge is -2.08. The van der Waals surface area contributed by atoms with Crippen LogP contribution in [0, 0.1) is 0 Å². The van der Waals surface area contributed by atoms with Gasteiger partial charge in [0.1, 0.15) is 10.8 Å². The van der Waals surface area contributed by atoms with E-state index in [0.29, 0.717) is 16.7 Å². The van der Waals surface area contributed by atoms with Gasteiger partial charge in [0.2, 0.25) is 0 Å². The Labute approximate surface area is 141 Å². The highest BCUT2D eigenvalue weighted by atomic mass is 79.9. The Morgan fingerprint density at radius 2 is 1.95 bits per heavy atom. The molecule has 7 heteroatoms. The fourth-order valence-corrected chi connectivity index (χ4v) is 3.28. The third-order valence-electron chi connectivity index (χ3n) is 2.39. The molecule has 2 aromatic heterocycles. The second-order valence-corrected chi connectivity index (χ2v) is 6.75. The van der Waals surface area contributed by atoms with Gasteiger partial charge in [-0.1, -0.05) is 24.9 Å². The van der Waals surface area contributed by atoms with E-state index in [1.807, 2.05) is 6.07 Å². The topological polar surface area (TPSA) is 38.7 Å². The highest BCUT2D eigenvalue weighted by Gasteiger charge is 2.14. The van der Waals surface area contributed by atoms with Gasteiger partial charge in [-0.15, -0.1) is 0 Å². The van der Waals surface area contributed by atoms with Crippen LogP contribution in [-0.2, 0) is 6.42 Å². The second-order valence-electron chi connectivity index (χ2n) is 3.83. The zero-order valence-electron chi connectivity index (χ0n) is 9.92. The highest BCUT2D eigenvalue weighted by Crippen LogP contribution is 2.31. The van der Waals surface area contributed by atoms with Crippen molar-refractivity contribution >= 4 is 59.4 Å². The molecule has 2 aromatic rings. The Morgan fingerprint density at radius 3 is 2.58 bits per heavy atom. The lowest BCUT2D eigenvalue weighted by molar-refractivity contribution is 0.866. The van der Waals surface area contributed by atoms with Crippen LogP contribution in [0.15, 0.2) is 25.7 Å². The lowest BCUT2D eigenvalue weighted by Crippen LogP contribution is -2.00. The van der Waals surface area contributed by atoms with Crippen molar-refractivity contribution in [3.8, 4) is 11.5 Å². The summed E-state index contributed by atoms with van der Waals surface area (Å²) in [6, 6.07) is 1.90. The summed E-state index contributed by atoms with van der Waals surface area (Å²) in [4.78, 5) is 13.1. The minimum atomic E-state index is 0.407. The Kier molecular flexibility index (Phi) is 5.34. The van der Waals surface area contributed by atoms with Gasteiger partial charge in [-0.25, -0.2) is 9.97 Å². The first-order valence-electron chi connectivity index (χ1n) is 5.56. The van der Waals surface area contributed by atoms with Crippen LogP contribution in [-0.4, -0.2) is 15.0 Å². The number of aromatic nitrogens is 3. The zero-order chi connectivity index (χ0) is 14.0. The summed E-state index contributed by atoms with van der Waals surface area (Å²) < 4.78 is 2.47. The van der Waals surface area contributed by atoms with E-state index < -0.39 is 0 Å². The van der Waals surface area contributed by atoms with Crippen molar-refractivity contribution in [1.29, 1.82) is 0 Å². The fourth-order valence-electron chi connectivity index (χ4n) is 1.55. The molecule has 3 nitrogen and oxygen atoms in total. The van der Waals surface area contributed by atoms with Gasteiger partial charge >= 0.3 is 0 Å². The minimum Gasteiger partial charge on any atom is -0.251 e. The van der Waals surface area contributed by atoms with E-state index in [1.54, 1.807) is 6.20 Å². The number of rotatable bonds is 3. The number of pyridine rings is 1. The molecule has 0 bridgehead atoms. The van der Waals surface area contributed by atoms with Gasteiger partial charge in [0.05, 0.1) is 10.2 Å². The molecule has 0 saturated carbocycles. The molecule has 100 valence electrons. The average molecular weight is 470 g/mol. The first kappa shape index (κ1) is 15.4. The summed E-state index contributed by atoms with van der Waals surface area (Å²) in [5, 5.41) is 0.407. The van der Waals surface area contributed by atoms with E-state index in [2.05, 4.69) is 69.7 Å². The molecule has 0 spiro atoms. The molecule has 0 N–H and O–H groups in total. The predicted octanol–water partition coefficient (Wildman–Crippen LogP) is 5.43. The average Bonchev–Trinajstić information content (AvgIpc) is 2.35. The molecule has 0 radical (unpaired) electrons. The summed E-state index contributed by atoms with van der Waals surface area (Å²) in [5.74, 6) is 0.524. The molecule has 0 aliphatic heterocycles. The Bertz CT molecular complexity index is 619. The molecule has 0 fully saturated rings. The largest absolute Gasteiger partial charge is 0.251 e. The van der Waals surface area contributed by atoms with E-state index in [4.69, 9.17) is 11.6 Å². The van der Waals surface area contributed by atoms with Gasteiger partial charge in [0.15, 0.2) is 5.82 Å². The van der Waals surface area contributed by atoms with Crippen molar-refractivity contribution in [3.05, 3.63) is 36.5 Å². The Balaban J connectivity index is 2.56. The maximum Gasteiger partial charge on any atom is 0.181 e. The van der Waals surface area contributed by atoms with Crippen LogP contribution in [0.5, 0.6) is 0 Å². The van der Waals surface area contributed by atoms with E-state index in [-0.39, 0.29) is 0 Å². The maximum absolute atomic E-state index is 6.14. The number of hydrogen-bond donors (Lipinski definition) is 0. The zero-order valence-corrected chi connectivity index (χ0v) is 15.4. The Morgan fingerprint density at radius 1 is 1.21 bits per heavy atom. The van der Waals surface area contributed by atoms with Gasteiger partial charge in [0, 0.05) is 15.1 Å². The Hall–Kier alpha value is -0.0400. The van der Waals surface area contributed by atoms with Crippen LogP contribution in [0.3, 0.4) is 0 Å². The maximum atomic E-state index is 6.14. The van der Waals surface area contributed by atoms with Crippen molar-refractivity contribution in [1.82, 2.24) is 15.0 Å². The van der Waals surface area contributed by atoms with Gasteiger partial charge in [0.25, 0.3) is 0 Å². The molecule has 0 aliphatic carbocycles. The summed E-state index contributed by atoms with van der Waals surface area (Å²) in [6.07, 6.45) is 3.53. The molecule has 0 atom stereocenters. The summed E-state index contributed by atoms with van der Waals surface area (Å²) >= 11 is 16.4. The molecule has 0 aliphatic rings. The normalized spacial score (nSPS) is 10.8. The molecular weight excluding hydrogens is 461 g/mol. The number of aryl methyl sites for hydroxylation is 1. The van der Waals surface area contributed by atoms with Crippen molar-refractivity contribution < 1.29 is 0 Å². The molecule has 0 amide bonds. The van der Waals surface area contributed by atoms with Crippen molar-refractivity contribution in [2.75, 3.05) is 0 Å². The van der Waals surface area contributed by atoms with E-state index >= 15 is 0 Å². The molecular formula is C12H9Br3ClN3. The SMILES string of the molecule is CCCc1nc(-c2ncc(Br)cc2Br)nc(Cl)c1Br. The molecule has 19 heavy (non-hydrogen) atoms. The third kappa shape index (κ3) is 3.54. The van der Waals surface area contributed by atoms with Crippen LogP contribution in [0.25, 0.3) is 11.5 Å². The van der Waals surface area contributed by atoms with Crippen molar-refractivity contribution in [2.45, 2.75) is 19.8 Å². The van der Waals surface area contributed by atoms with Gasteiger partial charge in [-0.2, -0.15) is 0 Å². The van der Waals surface area contributed by atoms with Crippen molar-refractivity contribution in [2.24, 2.45) is 0 Å². The monoisotopic (exact) mass is 467 g/mol. The fraction of sp³-hybridized carbons (Fsp3) is 0.250. The predicted molar refractivity (Wildman–Crippen MR) is 87.4 cm³/mol. The number of halogens is 4. The molecule has 2 rings (SSSR count). The molecule has 0 saturated heterocycles. The second kappa shape index (κ2) is 6.61. The van der Waals surface area contributed by atoms with Crippen LogP contribution < -0.4 is 0 Å². The standard InChI is InChI=1S/C12H9Br3ClN3/c1-2-3-8-9(15)11(16)19-12(18-8)10-7(14)4-6(13)5-17-10/h4-5H,2-3H2,1H3. The van der Waals surface area contributed by atoms with Crippen molar-refractivity contribution in [3.63, 3.8) is 0 Å². The van der Waals surface area contributed by atoms with Crippen LogP contribution in [0.2, 0.25) is 5.15 Å². The lowest BCUT2D eigenvalue weighted by atomic mass is 10.2. The first-order valence-corrected chi connectivity index (χ1v) is 8.32. The highest BCUT2D eigenvalue weighted by molar-refractivity contribution is 9.11. The first-order chi connectivity index (χ1) is 9.02. The smallest absolute Gasteiger partial charge is 0.181 e. The van der Waals surface area contributed by atoms with E-state index in [9.17, 15) is 0 Å². The summed E-state index contributed by atoms with van der Waals surface area (Å²) in [6.45, 7) is 2.09. The van der Waals surface area contributed by atoms with Gasteiger partial charge in [-0.3, -0.25) is 4.98 Å². The van der Waals surface area contributed by atoms with Gasteiger partial charge in [-0.05, 0) is 60.3 Å². The minimum absolute atomic E-state index is 0.407. The van der Waals surface area contributed by atoms with Crippen LogP contribution in [0.4, 0.5) is 0 Å². The summed E-state index contributed by atoms with van der Waals surface area (Å²) in [5.41, 5.74) is 1.57. The quantitative estimate of drug-likeness (QED) is 0.562. The molecule has 2 heterocycles.